The van der Waals surface area contributed by atoms with Gasteiger partial charge in [0.15, 0.2) is 0 Å². The zero-order valence-electron chi connectivity index (χ0n) is 10.6. The van der Waals surface area contributed by atoms with Gasteiger partial charge >= 0.3 is 0 Å². The van der Waals surface area contributed by atoms with Gasteiger partial charge < -0.3 is 0 Å². The summed E-state index contributed by atoms with van der Waals surface area (Å²) in [4.78, 5) is 0. The minimum absolute atomic E-state index is 1.24. The first kappa shape index (κ1) is 11.3. The van der Waals surface area contributed by atoms with Gasteiger partial charge in [0.25, 0.3) is 0 Å². The lowest BCUT2D eigenvalue weighted by Gasteiger charge is -2.13. The van der Waals surface area contributed by atoms with Crippen LogP contribution >= 0.6 is 0 Å². The van der Waals surface area contributed by atoms with Crippen LogP contribution in [0.5, 0.6) is 0 Å². The van der Waals surface area contributed by atoms with E-state index in [1.54, 1.807) is 0 Å². The van der Waals surface area contributed by atoms with Crippen LogP contribution in [0.1, 0.15) is 31.2 Å². The SMILES string of the molecule is C1=C(c2ccc(-c3ccccc3)cc2)CCCC1. The van der Waals surface area contributed by atoms with Gasteiger partial charge in [-0.05, 0) is 47.9 Å². The highest BCUT2D eigenvalue weighted by Crippen LogP contribution is 2.28. The number of allylic oxidation sites excluding steroid dienone is 2. The number of hydrogen-bond donors (Lipinski definition) is 0. The van der Waals surface area contributed by atoms with Crippen molar-refractivity contribution < 1.29 is 0 Å². The van der Waals surface area contributed by atoms with Gasteiger partial charge in [0.2, 0.25) is 0 Å². The summed E-state index contributed by atoms with van der Waals surface area (Å²) in [6.07, 6.45) is 7.58. The van der Waals surface area contributed by atoms with Gasteiger partial charge in [-0.2, -0.15) is 0 Å². The summed E-state index contributed by atoms with van der Waals surface area (Å²) in [5.74, 6) is 0. The van der Waals surface area contributed by atoms with E-state index >= 15 is 0 Å². The first-order valence-corrected chi connectivity index (χ1v) is 6.78. The molecule has 1 aliphatic carbocycles. The van der Waals surface area contributed by atoms with E-state index in [1.807, 2.05) is 0 Å². The van der Waals surface area contributed by atoms with Crippen molar-refractivity contribution in [2.45, 2.75) is 25.7 Å². The Morgan fingerprint density at radius 2 is 1.28 bits per heavy atom. The van der Waals surface area contributed by atoms with Gasteiger partial charge in [-0.15, -0.1) is 0 Å². The molecule has 0 nitrogen and oxygen atoms in total. The van der Waals surface area contributed by atoms with Crippen LogP contribution in [-0.4, -0.2) is 0 Å². The number of rotatable bonds is 2. The second kappa shape index (κ2) is 5.22. The molecule has 0 aliphatic heterocycles. The first-order valence-electron chi connectivity index (χ1n) is 6.78. The molecule has 90 valence electrons. The Kier molecular flexibility index (Phi) is 3.27. The zero-order chi connectivity index (χ0) is 12.2. The van der Waals surface area contributed by atoms with Crippen LogP contribution in [0.25, 0.3) is 16.7 Å². The van der Waals surface area contributed by atoms with E-state index in [4.69, 9.17) is 0 Å². The Morgan fingerprint density at radius 3 is 1.94 bits per heavy atom. The van der Waals surface area contributed by atoms with Gasteiger partial charge in [-0.25, -0.2) is 0 Å². The van der Waals surface area contributed by atoms with E-state index in [1.165, 1.54) is 47.9 Å². The molecule has 3 rings (SSSR count). The maximum atomic E-state index is 2.40. The Labute approximate surface area is 109 Å². The second-order valence-electron chi connectivity index (χ2n) is 4.92. The van der Waals surface area contributed by atoms with Crippen molar-refractivity contribution >= 4 is 5.57 Å². The van der Waals surface area contributed by atoms with Crippen molar-refractivity contribution in [3.05, 3.63) is 66.2 Å². The molecule has 0 saturated carbocycles. The molecule has 2 aromatic rings. The zero-order valence-corrected chi connectivity index (χ0v) is 10.6. The second-order valence-corrected chi connectivity index (χ2v) is 4.92. The molecule has 0 heteroatoms. The van der Waals surface area contributed by atoms with Gasteiger partial charge in [0, 0.05) is 0 Å². The molecule has 1 aliphatic rings. The van der Waals surface area contributed by atoms with Crippen LogP contribution in [-0.2, 0) is 0 Å². The number of benzene rings is 2. The van der Waals surface area contributed by atoms with Crippen LogP contribution in [0, 0.1) is 0 Å². The molecular weight excluding hydrogens is 216 g/mol. The van der Waals surface area contributed by atoms with Crippen molar-refractivity contribution in [3.63, 3.8) is 0 Å². The highest BCUT2D eigenvalue weighted by Gasteiger charge is 2.06. The van der Waals surface area contributed by atoms with Crippen molar-refractivity contribution in [1.29, 1.82) is 0 Å². The predicted octanol–water partition coefficient (Wildman–Crippen LogP) is 5.31. The van der Waals surface area contributed by atoms with Crippen LogP contribution in [0.15, 0.2) is 60.7 Å². The molecule has 0 atom stereocenters. The van der Waals surface area contributed by atoms with E-state index in [9.17, 15) is 0 Å². The largest absolute Gasteiger partial charge is 0.0807 e. The molecule has 0 saturated heterocycles. The summed E-state index contributed by atoms with van der Waals surface area (Å²) >= 11 is 0. The lowest BCUT2D eigenvalue weighted by molar-refractivity contribution is 0.742. The lowest BCUT2D eigenvalue weighted by Crippen LogP contribution is -1.91. The minimum Gasteiger partial charge on any atom is -0.0807 e. The third-order valence-corrected chi connectivity index (χ3v) is 3.65. The third-order valence-electron chi connectivity index (χ3n) is 3.65. The van der Waals surface area contributed by atoms with Crippen molar-refractivity contribution in [1.82, 2.24) is 0 Å². The molecule has 0 spiro atoms. The number of hydrogen-bond acceptors (Lipinski definition) is 0. The fourth-order valence-electron chi connectivity index (χ4n) is 2.61. The van der Waals surface area contributed by atoms with Crippen molar-refractivity contribution in [2.24, 2.45) is 0 Å². The van der Waals surface area contributed by atoms with Gasteiger partial charge in [0.1, 0.15) is 0 Å². The molecule has 0 radical (unpaired) electrons. The molecule has 0 fully saturated rings. The quantitative estimate of drug-likeness (QED) is 0.660. The van der Waals surface area contributed by atoms with Crippen LogP contribution in [0.2, 0.25) is 0 Å². The molecular formula is C18H18. The molecule has 0 bridgehead atoms. The van der Waals surface area contributed by atoms with Gasteiger partial charge in [0.05, 0.1) is 0 Å². The van der Waals surface area contributed by atoms with E-state index in [-0.39, 0.29) is 0 Å². The Balaban J connectivity index is 1.87. The Morgan fingerprint density at radius 1 is 0.611 bits per heavy atom. The fourth-order valence-corrected chi connectivity index (χ4v) is 2.61. The summed E-state index contributed by atoms with van der Waals surface area (Å²) in [5, 5.41) is 0. The molecule has 2 aromatic carbocycles. The molecule has 0 N–H and O–H groups in total. The van der Waals surface area contributed by atoms with Crippen molar-refractivity contribution in [2.75, 3.05) is 0 Å². The van der Waals surface area contributed by atoms with Crippen LogP contribution in [0.4, 0.5) is 0 Å². The van der Waals surface area contributed by atoms with Crippen LogP contribution < -0.4 is 0 Å². The summed E-state index contributed by atoms with van der Waals surface area (Å²) in [7, 11) is 0. The van der Waals surface area contributed by atoms with E-state index in [2.05, 4.69) is 60.7 Å². The summed E-state index contributed by atoms with van der Waals surface area (Å²) in [6.45, 7) is 0. The summed E-state index contributed by atoms with van der Waals surface area (Å²) in [5.41, 5.74) is 5.52. The highest BCUT2D eigenvalue weighted by atomic mass is 14.1. The Bertz CT molecular complexity index is 532. The minimum atomic E-state index is 1.24. The average molecular weight is 234 g/mol. The van der Waals surface area contributed by atoms with E-state index in [0.717, 1.165) is 0 Å². The van der Waals surface area contributed by atoms with Gasteiger partial charge in [-0.1, -0.05) is 60.7 Å². The van der Waals surface area contributed by atoms with E-state index in [0.29, 0.717) is 0 Å². The highest BCUT2D eigenvalue weighted by molar-refractivity contribution is 5.70. The molecule has 0 aromatic heterocycles. The maximum Gasteiger partial charge on any atom is -0.0184 e. The normalized spacial score (nSPS) is 15.2. The molecule has 0 unspecified atom stereocenters. The van der Waals surface area contributed by atoms with Gasteiger partial charge in [-0.3, -0.25) is 0 Å². The maximum absolute atomic E-state index is 2.40. The lowest BCUT2D eigenvalue weighted by atomic mass is 9.92. The van der Waals surface area contributed by atoms with Crippen molar-refractivity contribution in [3.8, 4) is 11.1 Å². The molecule has 18 heavy (non-hydrogen) atoms. The van der Waals surface area contributed by atoms with Crippen LogP contribution in [0.3, 0.4) is 0 Å². The monoisotopic (exact) mass is 234 g/mol. The topological polar surface area (TPSA) is 0 Å². The summed E-state index contributed by atoms with van der Waals surface area (Å²) in [6, 6.07) is 19.6. The average Bonchev–Trinajstić information content (AvgIpc) is 2.49. The standard InChI is InChI=1S/C18H18/c1-3-7-15(8-4-1)17-11-13-18(14-12-17)16-9-5-2-6-10-16/h1,3-4,7-9,11-14H,2,5-6,10H2. The first-order chi connectivity index (χ1) is 8.93. The predicted molar refractivity (Wildman–Crippen MR) is 78.3 cm³/mol. The molecule has 0 amide bonds. The summed E-state index contributed by atoms with van der Waals surface area (Å²) < 4.78 is 0. The fraction of sp³-hybridized carbons (Fsp3) is 0.222. The van der Waals surface area contributed by atoms with E-state index < -0.39 is 0 Å². The Hall–Kier alpha value is -1.82. The smallest absolute Gasteiger partial charge is 0.0184 e. The third kappa shape index (κ3) is 2.38. The molecule has 0 heterocycles.